The van der Waals surface area contributed by atoms with Crippen LogP contribution in [-0.4, -0.2) is 47.5 Å². The Labute approximate surface area is 157 Å². The summed E-state index contributed by atoms with van der Waals surface area (Å²) in [5.41, 5.74) is -0.122. The molecule has 2 aliphatic rings. The molecule has 1 aliphatic heterocycles. The zero-order valence-corrected chi connectivity index (χ0v) is 15.2. The van der Waals surface area contributed by atoms with Gasteiger partial charge in [0.2, 0.25) is 0 Å². The number of piperidine rings is 1. The van der Waals surface area contributed by atoms with Gasteiger partial charge < -0.3 is 14.4 Å². The van der Waals surface area contributed by atoms with E-state index in [1.807, 2.05) is 4.90 Å². The Hall–Kier alpha value is -2.64. The molecule has 0 bridgehead atoms. The molecule has 2 fully saturated rings. The first kappa shape index (κ1) is 19.1. The van der Waals surface area contributed by atoms with Crippen molar-refractivity contribution in [3.05, 3.63) is 34.4 Å². The normalized spacial score (nSPS) is 21.9. The topological polar surface area (TPSA) is 99.0 Å². The van der Waals surface area contributed by atoms with Crippen LogP contribution in [0.4, 0.5) is 5.69 Å². The molecule has 0 unspecified atom stereocenters. The van der Waals surface area contributed by atoms with Gasteiger partial charge in [-0.25, -0.2) is 4.79 Å². The quantitative estimate of drug-likeness (QED) is 0.430. The minimum atomic E-state index is -0.674. The number of likely N-dealkylation sites (tertiary alicyclic amines) is 1. The highest BCUT2D eigenvalue weighted by atomic mass is 16.6. The summed E-state index contributed by atoms with van der Waals surface area (Å²) >= 11 is 0. The molecular weight excluding hydrogens is 352 g/mol. The van der Waals surface area contributed by atoms with Gasteiger partial charge in [0.15, 0.2) is 13.2 Å². The molecule has 0 radical (unpaired) electrons. The predicted octanol–water partition coefficient (Wildman–Crippen LogP) is 2.70. The highest BCUT2D eigenvalue weighted by molar-refractivity contribution is 5.81. The van der Waals surface area contributed by atoms with E-state index in [9.17, 15) is 19.7 Å². The van der Waals surface area contributed by atoms with Crippen LogP contribution in [0.2, 0.25) is 0 Å². The van der Waals surface area contributed by atoms with Crippen LogP contribution in [0.5, 0.6) is 5.75 Å². The van der Waals surface area contributed by atoms with Gasteiger partial charge in [-0.15, -0.1) is 0 Å². The van der Waals surface area contributed by atoms with Crippen LogP contribution in [0.1, 0.15) is 38.5 Å². The van der Waals surface area contributed by atoms with Crippen LogP contribution in [0.15, 0.2) is 24.3 Å². The molecule has 1 heterocycles. The monoisotopic (exact) mass is 376 g/mol. The molecule has 1 amide bonds. The Kier molecular flexibility index (Phi) is 6.26. The van der Waals surface area contributed by atoms with E-state index < -0.39 is 17.5 Å². The number of nitro benzene ring substituents is 1. The van der Waals surface area contributed by atoms with Crippen molar-refractivity contribution in [2.45, 2.75) is 44.6 Å². The van der Waals surface area contributed by atoms with E-state index in [0.717, 1.165) is 25.8 Å². The third kappa shape index (κ3) is 4.96. The average Bonchev–Trinajstić information content (AvgIpc) is 2.70. The van der Waals surface area contributed by atoms with E-state index in [1.165, 1.54) is 43.5 Å². The van der Waals surface area contributed by atoms with E-state index >= 15 is 0 Å². The molecule has 0 spiro atoms. The molecule has 0 aromatic heterocycles. The van der Waals surface area contributed by atoms with E-state index in [-0.39, 0.29) is 30.0 Å². The number of hydrogen-bond donors (Lipinski definition) is 0. The molecule has 1 saturated heterocycles. The Balaban J connectivity index is 1.45. The molecule has 1 aromatic rings. The molecule has 3 rings (SSSR count). The van der Waals surface area contributed by atoms with Crippen molar-refractivity contribution in [3.8, 4) is 5.75 Å². The van der Waals surface area contributed by atoms with Gasteiger partial charge in [-0.1, -0.05) is 18.9 Å². The van der Waals surface area contributed by atoms with Gasteiger partial charge in [0, 0.05) is 18.7 Å². The van der Waals surface area contributed by atoms with E-state index in [1.54, 1.807) is 0 Å². The SMILES string of the molecule is O=C(COc1cccc([N+](=O)[O-])c1)OCC(=O)N1CCC[C@H]2CCCC[C@@H]21. The van der Waals surface area contributed by atoms with Crippen LogP contribution < -0.4 is 4.74 Å². The second-order valence-electron chi connectivity index (χ2n) is 7.05. The predicted molar refractivity (Wildman–Crippen MR) is 96.2 cm³/mol. The summed E-state index contributed by atoms with van der Waals surface area (Å²) in [6.07, 6.45) is 6.74. The molecular formula is C19H24N2O6. The minimum Gasteiger partial charge on any atom is -0.482 e. The zero-order valence-electron chi connectivity index (χ0n) is 15.2. The lowest BCUT2D eigenvalue weighted by molar-refractivity contribution is -0.384. The summed E-state index contributed by atoms with van der Waals surface area (Å²) in [6.45, 7) is 0.0303. The number of nitrogens with zero attached hydrogens (tertiary/aromatic N) is 2. The van der Waals surface area contributed by atoms with Gasteiger partial charge in [-0.3, -0.25) is 14.9 Å². The average molecular weight is 376 g/mol. The number of benzene rings is 1. The summed E-state index contributed by atoms with van der Waals surface area (Å²) in [5, 5.41) is 10.7. The lowest BCUT2D eigenvalue weighted by Gasteiger charge is -2.44. The highest BCUT2D eigenvalue weighted by Gasteiger charge is 2.35. The van der Waals surface area contributed by atoms with Gasteiger partial charge in [-0.05, 0) is 37.7 Å². The van der Waals surface area contributed by atoms with E-state index in [2.05, 4.69) is 0 Å². The van der Waals surface area contributed by atoms with Gasteiger partial charge in [-0.2, -0.15) is 0 Å². The van der Waals surface area contributed by atoms with Crippen LogP contribution >= 0.6 is 0 Å². The van der Waals surface area contributed by atoms with E-state index in [4.69, 9.17) is 9.47 Å². The molecule has 27 heavy (non-hydrogen) atoms. The number of carbonyl (C=O) groups is 2. The third-order valence-electron chi connectivity index (χ3n) is 5.31. The van der Waals surface area contributed by atoms with Crippen molar-refractivity contribution in [2.75, 3.05) is 19.8 Å². The molecule has 1 saturated carbocycles. The van der Waals surface area contributed by atoms with E-state index in [0.29, 0.717) is 5.92 Å². The van der Waals surface area contributed by atoms with Crippen LogP contribution in [-0.2, 0) is 14.3 Å². The van der Waals surface area contributed by atoms with Crippen molar-refractivity contribution in [3.63, 3.8) is 0 Å². The lowest BCUT2D eigenvalue weighted by Crippen LogP contribution is -2.51. The maximum Gasteiger partial charge on any atom is 0.344 e. The molecule has 0 N–H and O–H groups in total. The largest absolute Gasteiger partial charge is 0.482 e. The summed E-state index contributed by atoms with van der Waals surface area (Å²) in [4.78, 5) is 36.4. The van der Waals surface area contributed by atoms with Crippen molar-refractivity contribution >= 4 is 17.6 Å². The number of hydrogen-bond acceptors (Lipinski definition) is 6. The van der Waals surface area contributed by atoms with Crippen molar-refractivity contribution in [1.29, 1.82) is 0 Å². The maximum absolute atomic E-state index is 12.5. The Morgan fingerprint density at radius 3 is 2.74 bits per heavy atom. The Morgan fingerprint density at radius 1 is 1.15 bits per heavy atom. The summed E-state index contributed by atoms with van der Waals surface area (Å²) in [5.74, 6) is -0.0553. The Morgan fingerprint density at radius 2 is 1.93 bits per heavy atom. The minimum absolute atomic E-state index is 0.122. The number of amides is 1. The first-order chi connectivity index (χ1) is 13.0. The van der Waals surface area contributed by atoms with Gasteiger partial charge in [0.1, 0.15) is 5.75 Å². The zero-order chi connectivity index (χ0) is 19.2. The van der Waals surface area contributed by atoms with Crippen LogP contribution in [0.3, 0.4) is 0 Å². The maximum atomic E-state index is 12.5. The number of esters is 1. The molecule has 2 atom stereocenters. The highest BCUT2D eigenvalue weighted by Crippen LogP contribution is 2.35. The van der Waals surface area contributed by atoms with Crippen molar-refractivity contribution in [2.24, 2.45) is 5.92 Å². The Bertz CT molecular complexity index is 705. The molecule has 8 heteroatoms. The number of ether oxygens (including phenoxy) is 2. The van der Waals surface area contributed by atoms with Crippen LogP contribution in [0.25, 0.3) is 0 Å². The number of nitro groups is 1. The summed E-state index contributed by atoms with van der Waals surface area (Å²) in [7, 11) is 0. The summed E-state index contributed by atoms with van der Waals surface area (Å²) in [6, 6.07) is 5.83. The molecule has 8 nitrogen and oxygen atoms in total. The number of non-ortho nitro benzene ring substituents is 1. The number of carbonyl (C=O) groups excluding carboxylic acids is 2. The fourth-order valence-corrected chi connectivity index (χ4v) is 4.03. The second kappa shape index (κ2) is 8.83. The number of rotatable bonds is 6. The molecule has 1 aliphatic carbocycles. The number of fused-ring (bicyclic) bond motifs is 1. The smallest absolute Gasteiger partial charge is 0.344 e. The van der Waals surface area contributed by atoms with Gasteiger partial charge in [0.25, 0.3) is 11.6 Å². The second-order valence-corrected chi connectivity index (χ2v) is 7.05. The lowest BCUT2D eigenvalue weighted by atomic mass is 9.78. The van der Waals surface area contributed by atoms with Gasteiger partial charge >= 0.3 is 5.97 Å². The molecule has 146 valence electrons. The first-order valence-corrected chi connectivity index (χ1v) is 9.37. The third-order valence-corrected chi connectivity index (χ3v) is 5.31. The standard InChI is InChI=1S/C19H24N2O6/c22-18(20-10-4-6-14-5-1-2-9-17(14)20)12-27-19(23)13-26-16-8-3-7-15(11-16)21(24)25/h3,7-8,11,14,17H,1-2,4-6,9-10,12-13H2/t14-,17+/m1/s1. The fraction of sp³-hybridized carbons (Fsp3) is 0.579. The summed E-state index contributed by atoms with van der Waals surface area (Å²) < 4.78 is 10.3. The fourth-order valence-electron chi connectivity index (χ4n) is 4.03. The van der Waals surface area contributed by atoms with Crippen molar-refractivity contribution in [1.82, 2.24) is 4.90 Å². The molecule has 1 aromatic carbocycles. The van der Waals surface area contributed by atoms with Crippen LogP contribution in [0, 0.1) is 16.0 Å². The van der Waals surface area contributed by atoms with Crippen molar-refractivity contribution < 1.29 is 24.0 Å². The first-order valence-electron chi connectivity index (χ1n) is 9.37. The van der Waals surface area contributed by atoms with Gasteiger partial charge in [0.05, 0.1) is 11.0 Å².